The standard InChI is InChI=1S/C8H5Cl2F2NO/c1-3-6(8(11)12)4(9)2-5(13-3)7(10)14/h2,8H,1H3. The molecule has 0 amide bonds. The molecule has 0 N–H and O–H groups in total. The van der Waals surface area contributed by atoms with Gasteiger partial charge in [-0.1, -0.05) is 11.6 Å². The van der Waals surface area contributed by atoms with E-state index in [0.29, 0.717) is 0 Å². The smallest absolute Gasteiger partial charge is 0.270 e. The molecule has 0 radical (unpaired) electrons. The van der Waals surface area contributed by atoms with E-state index in [1.54, 1.807) is 0 Å². The van der Waals surface area contributed by atoms with E-state index in [-0.39, 0.29) is 22.0 Å². The summed E-state index contributed by atoms with van der Waals surface area (Å²) in [5.74, 6) is 0. The van der Waals surface area contributed by atoms with Crippen LogP contribution in [0.2, 0.25) is 5.02 Å². The molecular formula is C8H5Cl2F2NO. The lowest BCUT2D eigenvalue weighted by atomic mass is 10.2. The van der Waals surface area contributed by atoms with Gasteiger partial charge in [-0.05, 0) is 24.6 Å². The molecule has 2 nitrogen and oxygen atoms in total. The number of pyridine rings is 1. The van der Waals surface area contributed by atoms with Gasteiger partial charge in [0.25, 0.3) is 11.7 Å². The fourth-order valence-electron chi connectivity index (χ4n) is 1.01. The van der Waals surface area contributed by atoms with Crippen LogP contribution >= 0.6 is 23.2 Å². The first-order chi connectivity index (χ1) is 6.43. The molecule has 76 valence electrons. The predicted octanol–water partition coefficient (Wildman–Crippen LogP) is 3.36. The Balaban J connectivity index is 3.32. The summed E-state index contributed by atoms with van der Waals surface area (Å²) in [5.41, 5.74) is -0.483. The van der Waals surface area contributed by atoms with E-state index in [2.05, 4.69) is 4.98 Å². The third-order valence-corrected chi connectivity index (χ3v) is 2.12. The third-order valence-electron chi connectivity index (χ3n) is 1.62. The van der Waals surface area contributed by atoms with Crippen molar-refractivity contribution in [2.45, 2.75) is 13.3 Å². The second-order valence-corrected chi connectivity index (χ2v) is 3.31. The van der Waals surface area contributed by atoms with Crippen LogP contribution in [-0.4, -0.2) is 10.2 Å². The Morgan fingerprint density at radius 2 is 2.14 bits per heavy atom. The molecule has 0 saturated heterocycles. The van der Waals surface area contributed by atoms with Crippen LogP contribution in [0.15, 0.2) is 6.07 Å². The van der Waals surface area contributed by atoms with Gasteiger partial charge in [-0.2, -0.15) is 0 Å². The SMILES string of the molecule is Cc1nc(C(=O)Cl)cc(Cl)c1C(F)F. The summed E-state index contributed by atoms with van der Waals surface area (Å²) in [7, 11) is 0. The van der Waals surface area contributed by atoms with Gasteiger partial charge in [0.05, 0.1) is 10.6 Å². The lowest BCUT2D eigenvalue weighted by molar-refractivity contribution is 0.107. The van der Waals surface area contributed by atoms with Crippen molar-refractivity contribution in [3.63, 3.8) is 0 Å². The highest BCUT2D eigenvalue weighted by Crippen LogP contribution is 2.29. The maximum atomic E-state index is 12.4. The van der Waals surface area contributed by atoms with E-state index >= 15 is 0 Å². The summed E-state index contributed by atoms with van der Waals surface area (Å²) in [6, 6.07) is 1.03. The number of carbonyl (C=O) groups is 1. The van der Waals surface area contributed by atoms with Crippen LogP contribution in [0.25, 0.3) is 0 Å². The number of alkyl halides is 2. The number of nitrogens with zero attached hydrogens (tertiary/aromatic N) is 1. The minimum absolute atomic E-state index is 0.0106. The minimum Gasteiger partial charge on any atom is -0.274 e. The molecule has 6 heteroatoms. The molecule has 14 heavy (non-hydrogen) atoms. The summed E-state index contributed by atoms with van der Waals surface area (Å²) >= 11 is 10.7. The average Bonchev–Trinajstić information content (AvgIpc) is 2.01. The van der Waals surface area contributed by atoms with Crippen molar-refractivity contribution in [2.24, 2.45) is 0 Å². The Bertz CT molecular complexity index is 359. The summed E-state index contributed by atoms with van der Waals surface area (Å²) in [6.45, 7) is 1.34. The lowest BCUT2D eigenvalue weighted by Gasteiger charge is -2.07. The normalized spacial score (nSPS) is 10.7. The molecule has 1 heterocycles. The zero-order valence-corrected chi connectivity index (χ0v) is 8.53. The maximum Gasteiger partial charge on any atom is 0.270 e. The van der Waals surface area contributed by atoms with Gasteiger partial charge in [0.1, 0.15) is 5.69 Å². The summed E-state index contributed by atoms with van der Waals surface area (Å²) in [6.07, 6.45) is -2.71. The Morgan fingerprint density at radius 1 is 1.57 bits per heavy atom. The van der Waals surface area contributed by atoms with E-state index in [4.69, 9.17) is 23.2 Å². The highest BCUT2D eigenvalue weighted by molar-refractivity contribution is 6.67. The summed E-state index contributed by atoms with van der Waals surface area (Å²) in [4.78, 5) is 14.3. The molecule has 0 aromatic carbocycles. The molecule has 0 fully saturated rings. The van der Waals surface area contributed by atoms with Gasteiger partial charge in [-0.3, -0.25) is 4.79 Å². The van der Waals surface area contributed by atoms with Crippen molar-refractivity contribution in [3.8, 4) is 0 Å². The van der Waals surface area contributed by atoms with Gasteiger partial charge in [0.2, 0.25) is 0 Å². The number of rotatable bonds is 2. The average molecular weight is 240 g/mol. The zero-order valence-electron chi connectivity index (χ0n) is 7.02. The van der Waals surface area contributed by atoms with Gasteiger partial charge in [0, 0.05) is 5.69 Å². The largest absolute Gasteiger partial charge is 0.274 e. The molecule has 0 bridgehead atoms. The molecule has 1 aromatic rings. The fraction of sp³-hybridized carbons (Fsp3) is 0.250. The van der Waals surface area contributed by atoms with E-state index in [1.165, 1.54) is 6.92 Å². The molecule has 1 rings (SSSR count). The van der Waals surface area contributed by atoms with Gasteiger partial charge in [-0.15, -0.1) is 0 Å². The Morgan fingerprint density at radius 3 is 2.50 bits per heavy atom. The topological polar surface area (TPSA) is 30.0 Å². The van der Waals surface area contributed by atoms with Crippen LogP contribution < -0.4 is 0 Å². The molecule has 1 aromatic heterocycles. The molecule has 0 aliphatic heterocycles. The van der Waals surface area contributed by atoms with E-state index < -0.39 is 11.7 Å². The highest BCUT2D eigenvalue weighted by atomic mass is 35.5. The van der Waals surface area contributed by atoms with Crippen molar-refractivity contribution in [2.75, 3.05) is 0 Å². The molecule has 0 atom stereocenters. The molecule has 0 saturated carbocycles. The second kappa shape index (κ2) is 4.19. The van der Waals surface area contributed by atoms with Crippen LogP contribution in [0.3, 0.4) is 0 Å². The number of halogens is 4. The number of hydrogen-bond donors (Lipinski definition) is 0. The van der Waals surface area contributed by atoms with E-state index in [0.717, 1.165) is 6.07 Å². The van der Waals surface area contributed by atoms with Crippen molar-refractivity contribution in [1.82, 2.24) is 4.98 Å². The van der Waals surface area contributed by atoms with Gasteiger partial charge in [-0.25, -0.2) is 13.8 Å². The number of hydrogen-bond acceptors (Lipinski definition) is 2. The second-order valence-electron chi connectivity index (χ2n) is 2.56. The third kappa shape index (κ3) is 2.19. The molecule has 0 unspecified atom stereocenters. The monoisotopic (exact) mass is 239 g/mol. The highest BCUT2D eigenvalue weighted by Gasteiger charge is 2.18. The van der Waals surface area contributed by atoms with Crippen LogP contribution in [0.1, 0.15) is 28.2 Å². The number of aryl methyl sites for hydroxylation is 1. The molecule has 0 aliphatic rings. The first-order valence-electron chi connectivity index (χ1n) is 3.58. The first kappa shape index (κ1) is 11.3. The van der Waals surface area contributed by atoms with Crippen LogP contribution in [0, 0.1) is 6.92 Å². The van der Waals surface area contributed by atoms with Crippen LogP contribution in [-0.2, 0) is 0 Å². The quantitative estimate of drug-likeness (QED) is 0.742. The van der Waals surface area contributed by atoms with Crippen molar-refractivity contribution >= 4 is 28.4 Å². The molecule has 0 aliphatic carbocycles. The Labute approximate surface area is 88.8 Å². The number of carbonyl (C=O) groups excluding carboxylic acids is 1. The molecule has 0 spiro atoms. The van der Waals surface area contributed by atoms with E-state index in [9.17, 15) is 13.6 Å². The first-order valence-corrected chi connectivity index (χ1v) is 4.34. The Kier molecular flexibility index (Phi) is 3.39. The summed E-state index contributed by atoms with van der Waals surface area (Å²) in [5, 5.41) is -1.02. The van der Waals surface area contributed by atoms with Crippen molar-refractivity contribution < 1.29 is 13.6 Å². The fourth-order valence-corrected chi connectivity index (χ4v) is 1.43. The predicted molar refractivity (Wildman–Crippen MR) is 49.1 cm³/mol. The molecular weight excluding hydrogens is 235 g/mol. The van der Waals surface area contributed by atoms with Gasteiger partial charge in [0.15, 0.2) is 0 Å². The number of aromatic nitrogens is 1. The van der Waals surface area contributed by atoms with Crippen molar-refractivity contribution in [3.05, 3.63) is 28.0 Å². The van der Waals surface area contributed by atoms with Gasteiger partial charge < -0.3 is 0 Å². The van der Waals surface area contributed by atoms with Gasteiger partial charge >= 0.3 is 0 Å². The summed E-state index contributed by atoms with van der Waals surface area (Å²) < 4.78 is 24.8. The maximum absolute atomic E-state index is 12.4. The van der Waals surface area contributed by atoms with Crippen LogP contribution in [0.5, 0.6) is 0 Å². The van der Waals surface area contributed by atoms with Crippen LogP contribution in [0.4, 0.5) is 8.78 Å². The Hall–Kier alpha value is -0.740. The lowest BCUT2D eigenvalue weighted by Crippen LogP contribution is -2.01. The van der Waals surface area contributed by atoms with Crippen molar-refractivity contribution in [1.29, 1.82) is 0 Å². The minimum atomic E-state index is -2.71. The zero-order chi connectivity index (χ0) is 10.9. The van der Waals surface area contributed by atoms with E-state index in [1.807, 2.05) is 0 Å².